The summed E-state index contributed by atoms with van der Waals surface area (Å²) < 4.78 is 6.01. The summed E-state index contributed by atoms with van der Waals surface area (Å²) in [6.45, 7) is 3.13. The molecule has 2 heteroatoms. The van der Waals surface area contributed by atoms with Gasteiger partial charge >= 0.3 is 0 Å². The SMILES string of the molecule is CCC[C@H]1CC[C@H](COc2ccc(C#Cc3ccc(Cl)cc3)cc2)CC1. The van der Waals surface area contributed by atoms with Crippen LogP contribution in [0.5, 0.6) is 5.75 Å². The van der Waals surface area contributed by atoms with Gasteiger partial charge in [-0.2, -0.15) is 0 Å². The molecule has 136 valence electrons. The van der Waals surface area contributed by atoms with Crippen molar-refractivity contribution in [1.29, 1.82) is 0 Å². The Morgan fingerprint density at radius 1 is 0.846 bits per heavy atom. The minimum absolute atomic E-state index is 0.715. The summed E-state index contributed by atoms with van der Waals surface area (Å²) in [4.78, 5) is 0. The monoisotopic (exact) mass is 366 g/mol. The first-order chi connectivity index (χ1) is 12.7. The van der Waals surface area contributed by atoms with Crippen LogP contribution in [0.2, 0.25) is 5.02 Å². The van der Waals surface area contributed by atoms with Crippen molar-refractivity contribution in [3.8, 4) is 17.6 Å². The summed E-state index contributed by atoms with van der Waals surface area (Å²) in [5, 5.41) is 0.732. The smallest absolute Gasteiger partial charge is 0.119 e. The van der Waals surface area contributed by atoms with Crippen molar-refractivity contribution < 1.29 is 4.74 Å². The zero-order chi connectivity index (χ0) is 18.2. The van der Waals surface area contributed by atoms with Gasteiger partial charge in [0.2, 0.25) is 0 Å². The summed E-state index contributed by atoms with van der Waals surface area (Å²) in [7, 11) is 0. The van der Waals surface area contributed by atoms with Gasteiger partial charge in [0, 0.05) is 16.1 Å². The average molecular weight is 367 g/mol. The second kappa shape index (κ2) is 9.70. The van der Waals surface area contributed by atoms with E-state index in [1.807, 2.05) is 48.5 Å². The molecule has 0 heterocycles. The molecule has 0 aliphatic heterocycles. The predicted octanol–water partition coefficient (Wildman–Crippen LogP) is 6.73. The number of hydrogen-bond donors (Lipinski definition) is 0. The van der Waals surface area contributed by atoms with Gasteiger partial charge in [0.15, 0.2) is 0 Å². The molecule has 0 spiro atoms. The van der Waals surface area contributed by atoms with Crippen molar-refractivity contribution in [3.05, 3.63) is 64.7 Å². The van der Waals surface area contributed by atoms with Crippen molar-refractivity contribution in [1.82, 2.24) is 0 Å². The van der Waals surface area contributed by atoms with Crippen LogP contribution in [0.15, 0.2) is 48.5 Å². The van der Waals surface area contributed by atoms with Crippen molar-refractivity contribution in [3.63, 3.8) is 0 Å². The van der Waals surface area contributed by atoms with Gasteiger partial charge in [0.1, 0.15) is 5.75 Å². The summed E-state index contributed by atoms with van der Waals surface area (Å²) in [5.41, 5.74) is 1.96. The Bertz CT molecular complexity index is 729. The maximum atomic E-state index is 6.01. The Labute approximate surface area is 162 Å². The molecular weight excluding hydrogens is 340 g/mol. The quantitative estimate of drug-likeness (QED) is 0.533. The molecule has 0 atom stereocenters. The van der Waals surface area contributed by atoms with Gasteiger partial charge in [0.25, 0.3) is 0 Å². The van der Waals surface area contributed by atoms with Crippen LogP contribution < -0.4 is 4.74 Å². The summed E-state index contributed by atoms with van der Waals surface area (Å²) in [6.07, 6.45) is 8.10. The lowest BCUT2D eigenvalue weighted by molar-refractivity contribution is 0.178. The molecule has 3 rings (SSSR count). The van der Waals surface area contributed by atoms with Crippen LogP contribution in [0.4, 0.5) is 0 Å². The maximum absolute atomic E-state index is 6.01. The van der Waals surface area contributed by atoms with Crippen LogP contribution in [0, 0.1) is 23.7 Å². The highest BCUT2D eigenvalue weighted by Crippen LogP contribution is 2.31. The highest BCUT2D eigenvalue weighted by molar-refractivity contribution is 6.30. The molecule has 0 radical (unpaired) electrons. The molecule has 0 saturated heterocycles. The van der Waals surface area contributed by atoms with Crippen molar-refractivity contribution in [2.24, 2.45) is 11.8 Å². The molecule has 1 fully saturated rings. The normalized spacial score (nSPS) is 19.5. The van der Waals surface area contributed by atoms with Crippen LogP contribution in [0.1, 0.15) is 56.6 Å². The van der Waals surface area contributed by atoms with Crippen molar-refractivity contribution >= 4 is 11.6 Å². The van der Waals surface area contributed by atoms with E-state index in [9.17, 15) is 0 Å². The van der Waals surface area contributed by atoms with E-state index in [2.05, 4.69) is 18.8 Å². The van der Waals surface area contributed by atoms with E-state index in [-0.39, 0.29) is 0 Å². The van der Waals surface area contributed by atoms with Gasteiger partial charge in [-0.25, -0.2) is 0 Å². The van der Waals surface area contributed by atoms with E-state index in [4.69, 9.17) is 16.3 Å². The molecule has 1 aliphatic rings. The maximum Gasteiger partial charge on any atom is 0.119 e. The van der Waals surface area contributed by atoms with Crippen LogP contribution in [0.3, 0.4) is 0 Å². The lowest BCUT2D eigenvalue weighted by Gasteiger charge is -2.28. The molecule has 0 aromatic heterocycles. The van der Waals surface area contributed by atoms with Gasteiger partial charge < -0.3 is 4.74 Å². The van der Waals surface area contributed by atoms with Crippen LogP contribution in [0.25, 0.3) is 0 Å². The molecule has 1 aliphatic carbocycles. The third-order valence-corrected chi connectivity index (χ3v) is 5.45. The summed E-state index contributed by atoms with van der Waals surface area (Å²) >= 11 is 5.89. The molecule has 0 bridgehead atoms. The molecule has 1 nitrogen and oxygen atoms in total. The average Bonchev–Trinajstić information content (AvgIpc) is 2.68. The van der Waals surface area contributed by atoms with Crippen molar-refractivity contribution in [2.75, 3.05) is 6.61 Å². The molecule has 2 aromatic carbocycles. The lowest BCUT2D eigenvalue weighted by Crippen LogP contribution is -2.20. The number of rotatable bonds is 5. The lowest BCUT2D eigenvalue weighted by atomic mass is 9.80. The summed E-state index contributed by atoms with van der Waals surface area (Å²) in [6, 6.07) is 15.7. The Balaban J connectivity index is 1.47. The third kappa shape index (κ3) is 5.82. The van der Waals surface area contributed by atoms with Gasteiger partial charge in [-0.15, -0.1) is 0 Å². The zero-order valence-electron chi connectivity index (χ0n) is 15.5. The highest BCUT2D eigenvalue weighted by Gasteiger charge is 2.20. The van der Waals surface area contributed by atoms with Crippen LogP contribution in [-0.2, 0) is 0 Å². The molecule has 0 amide bonds. The predicted molar refractivity (Wildman–Crippen MR) is 110 cm³/mol. The minimum Gasteiger partial charge on any atom is -0.493 e. The first-order valence-electron chi connectivity index (χ1n) is 9.73. The number of benzene rings is 2. The standard InChI is InChI=1S/C24H27ClO/c1-2-3-19-6-8-22(9-7-19)18-26-24-16-12-21(13-17-24)5-4-20-10-14-23(25)15-11-20/h10-17,19,22H,2-3,6-9,18H2,1H3/t19-,22-. The molecule has 26 heavy (non-hydrogen) atoms. The molecule has 2 aromatic rings. The first kappa shape index (κ1) is 18.9. The van der Waals surface area contributed by atoms with E-state index >= 15 is 0 Å². The second-order valence-corrected chi connectivity index (χ2v) is 7.70. The Morgan fingerprint density at radius 2 is 1.38 bits per heavy atom. The fraction of sp³-hybridized carbons (Fsp3) is 0.417. The second-order valence-electron chi connectivity index (χ2n) is 7.27. The third-order valence-electron chi connectivity index (χ3n) is 5.20. The Kier molecular flexibility index (Phi) is 7.04. The molecule has 0 N–H and O–H groups in total. The molecule has 0 unspecified atom stereocenters. The van der Waals surface area contributed by atoms with Gasteiger partial charge in [0.05, 0.1) is 6.61 Å². The van der Waals surface area contributed by atoms with Crippen LogP contribution >= 0.6 is 11.6 Å². The Hall–Kier alpha value is -1.91. The number of ether oxygens (including phenoxy) is 1. The van der Waals surface area contributed by atoms with Gasteiger partial charge in [-0.3, -0.25) is 0 Å². The fourth-order valence-electron chi connectivity index (χ4n) is 3.62. The molecule has 1 saturated carbocycles. The fourth-order valence-corrected chi connectivity index (χ4v) is 3.75. The van der Waals surface area contributed by atoms with Crippen molar-refractivity contribution in [2.45, 2.75) is 45.4 Å². The van der Waals surface area contributed by atoms with Gasteiger partial charge in [-0.1, -0.05) is 56.0 Å². The topological polar surface area (TPSA) is 9.23 Å². The highest BCUT2D eigenvalue weighted by atomic mass is 35.5. The first-order valence-corrected chi connectivity index (χ1v) is 10.1. The zero-order valence-corrected chi connectivity index (χ0v) is 16.3. The molecular formula is C24H27ClO. The van der Waals surface area contributed by atoms with E-state index in [1.54, 1.807) is 0 Å². The number of hydrogen-bond acceptors (Lipinski definition) is 1. The number of halogens is 1. The van der Waals surface area contributed by atoms with E-state index in [0.29, 0.717) is 5.92 Å². The van der Waals surface area contributed by atoms with Gasteiger partial charge in [-0.05, 0) is 73.2 Å². The van der Waals surface area contributed by atoms with E-state index in [0.717, 1.165) is 34.4 Å². The largest absolute Gasteiger partial charge is 0.493 e. The van der Waals surface area contributed by atoms with Crippen LogP contribution in [-0.4, -0.2) is 6.61 Å². The Morgan fingerprint density at radius 3 is 1.96 bits per heavy atom. The van der Waals surface area contributed by atoms with E-state index in [1.165, 1.54) is 38.5 Å². The summed E-state index contributed by atoms with van der Waals surface area (Å²) in [5.74, 6) is 8.95. The van der Waals surface area contributed by atoms with E-state index < -0.39 is 0 Å². The minimum atomic E-state index is 0.715.